The fourth-order valence-corrected chi connectivity index (χ4v) is 3.43. The number of unbranched alkanes of at least 4 members (excludes halogenated alkanes) is 6. The Balaban J connectivity index is 2.18. The zero-order valence-electron chi connectivity index (χ0n) is 14.3. The van der Waals surface area contributed by atoms with Crippen LogP contribution in [0.2, 0.25) is 0 Å². The van der Waals surface area contributed by atoms with E-state index in [0.29, 0.717) is 5.54 Å². The van der Waals surface area contributed by atoms with E-state index >= 15 is 0 Å². The first-order chi connectivity index (χ1) is 9.76. The van der Waals surface area contributed by atoms with Crippen LogP contribution in [0.15, 0.2) is 0 Å². The molecule has 0 atom stereocenters. The van der Waals surface area contributed by atoms with Gasteiger partial charge in [0.05, 0.1) is 0 Å². The molecule has 0 bridgehead atoms. The van der Waals surface area contributed by atoms with Gasteiger partial charge in [0.15, 0.2) is 0 Å². The monoisotopic (exact) mass is 282 g/mol. The van der Waals surface area contributed by atoms with Crippen LogP contribution in [0, 0.1) is 0 Å². The molecule has 1 N–H and O–H groups in total. The van der Waals surface area contributed by atoms with Gasteiger partial charge in [0.2, 0.25) is 0 Å². The number of nitrogens with one attached hydrogen (secondary N) is 1. The summed E-state index contributed by atoms with van der Waals surface area (Å²) in [7, 11) is 0. The molecular formula is C18H38N2. The highest BCUT2D eigenvalue weighted by Gasteiger charge is 2.29. The van der Waals surface area contributed by atoms with Crippen molar-refractivity contribution in [1.29, 1.82) is 0 Å². The average Bonchev–Trinajstić information content (AvgIpc) is 2.69. The first-order valence-electron chi connectivity index (χ1n) is 9.23. The largest absolute Gasteiger partial charge is 0.310 e. The Morgan fingerprint density at radius 1 is 0.900 bits per heavy atom. The van der Waals surface area contributed by atoms with Gasteiger partial charge in [-0.2, -0.15) is 0 Å². The van der Waals surface area contributed by atoms with Crippen molar-refractivity contribution < 1.29 is 0 Å². The molecule has 0 aliphatic carbocycles. The van der Waals surface area contributed by atoms with Gasteiger partial charge in [0.1, 0.15) is 0 Å². The van der Waals surface area contributed by atoms with Crippen molar-refractivity contribution in [2.24, 2.45) is 0 Å². The molecule has 1 fully saturated rings. The Bertz CT molecular complexity index is 223. The predicted molar refractivity (Wildman–Crippen MR) is 90.4 cm³/mol. The second-order valence-corrected chi connectivity index (χ2v) is 6.67. The topological polar surface area (TPSA) is 15.3 Å². The first-order valence-corrected chi connectivity index (χ1v) is 9.23. The molecule has 0 aromatic carbocycles. The van der Waals surface area contributed by atoms with Gasteiger partial charge in [0, 0.05) is 12.1 Å². The minimum Gasteiger partial charge on any atom is -0.310 e. The van der Waals surface area contributed by atoms with Crippen LogP contribution in [0.1, 0.15) is 85.0 Å². The summed E-state index contributed by atoms with van der Waals surface area (Å²) in [4.78, 5) is 2.72. The summed E-state index contributed by atoms with van der Waals surface area (Å²) in [6.45, 7) is 12.1. The lowest BCUT2D eigenvalue weighted by molar-refractivity contribution is 0.194. The molecule has 1 aliphatic heterocycles. The fourth-order valence-electron chi connectivity index (χ4n) is 3.43. The molecule has 2 nitrogen and oxygen atoms in total. The molecule has 1 saturated heterocycles. The summed E-state index contributed by atoms with van der Waals surface area (Å²) >= 11 is 0. The molecule has 0 saturated carbocycles. The number of rotatable bonds is 10. The Labute approximate surface area is 127 Å². The van der Waals surface area contributed by atoms with E-state index < -0.39 is 0 Å². The zero-order chi connectivity index (χ0) is 14.7. The van der Waals surface area contributed by atoms with Gasteiger partial charge in [-0.1, -0.05) is 59.3 Å². The Hall–Kier alpha value is -0.0800. The molecule has 0 spiro atoms. The normalized spacial score (nSPS) is 19.9. The summed E-state index contributed by atoms with van der Waals surface area (Å²) in [6.07, 6.45) is 13.8. The van der Waals surface area contributed by atoms with E-state index in [0.717, 1.165) is 0 Å². The molecule has 0 aromatic rings. The van der Waals surface area contributed by atoms with E-state index in [1.807, 2.05) is 0 Å². The van der Waals surface area contributed by atoms with Crippen LogP contribution in [-0.4, -0.2) is 36.6 Å². The standard InChI is InChI=1S/C18H38N2/c1-4-7-8-9-10-11-12-15-20-16-13-14-19-18(5-2,6-3)17-20/h19H,4-17H2,1-3H3. The zero-order valence-corrected chi connectivity index (χ0v) is 14.3. The fraction of sp³-hybridized carbons (Fsp3) is 1.00. The Morgan fingerprint density at radius 2 is 1.55 bits per heavy atom. The number of nitrogens with zero attached hydrogens (tertiary/aromatic N) is 1. The summed E-state index contributed by atoms with van der Waals surface area (Å²) < 4.78 is 0. The quantitative estimate of drug-likeness (QED) is 0.590. The van der Waals surface area contributed by atoms with Crippen molar-refractivity contribution in [1.82, 2.24) is 10.2 Å². The molecule has 120 valence electrons. The Morgan fingerprint density at radius 3 is 2.20 bits per heavy atom. The van der Waals surface area contributed by atoms with Gasteiger partial charge < -0.3 is 10.2 Å². The minimum atomic E-state index is 0.387. The summed E-state index contributed by atoms with van der Waals surface area (Å²) in [5.41, 5.74) is 0.387. The second kappa shape index (κ2) is 10.6. The van der Waals surface area contributed by atoms with Crippen LogP contribution in [0.25, 0.3) is 0 Å². The van der Waals surface area contributed by atoms with Gasteiger partial charge in [-0.05, 0) is 45.3 Å². The molecule has 1 heterocycles. The predicted octanol–water partition coefficient (Wildman–Crippen LogP) is 4.59. The molecule has 0 radical (unpaired) electrons. The summed E-state index contributed by atoms with van der Waals surface area (Å²) in [5.74, 6) is 0. The van der Waals surface area contributed by atoms with Crippen molar-refractivity contribution in [3.63, 3.8) is 0 Å². The van der Waals surface area contributed by atoms with Gasteiger partial charge >= 0.3 is 0 Å². The minimum absolute atomic E-state index is 0.387. The second-order valence-electron chi connectivity index (χ2n) is 6.67. The first kappa shape index (κ1) is 18.0. The van der Waals surface area contributed by atoms with Crippen LogP contribution in [0.4, 0.5) is 0 Å². The van der Waals surface area contributed by atoms with Crippen LogP contribution < -0.4 is 5.32 Å². The van der Waals surface area contributed by atoms with Gasteiger partial charge in [-0.25, -0.2) is 0 Å². The maximum atomic E-state index is 3.81. The highest BCUT2D eigenvalue weighted by Crippen LogP contribution is 2.20. The molecular weight excluding hydrogens is 244 g/mol. The van der Waals surface area contributed by atoms with Crippen molar-refractivity contribution >= 4 is 0 Å². The van der Waals surface area contributed by atoms with E-state index in [2.05, 4.69) is 31.0 Å². The summed E-state index contributed by atoms with van der Waals surface area (Å²) in [5, 5.41) is 3.81. The SMILES string of the molecule is CCCCCCCCCN1CCCNC(CC)(CC)C1. The molecule has 1 aliphatic rings. The number of hydrogen-bond donors (Lipinski definition) is 1. The van der Waals surface area contributed by atoms with Crippen molar-refractivity contribution in [2.45, 2.75) is 90.5 Å². The van der Waals surface area contributed by atoms with Gasteiger partial charge in [0.25, 0.3) is 0 Å². The molecule has 2 heteroatoms. The van der Waals surface area contributed by atoms with Gasteiger partial charge in [-0.3, -0.25) is 0 Å². The smallest absolute Gasteiger partial charge is 0.0303 e. The molecule has 0 unspecified atom stereocenters. The lowest BCUT2D eigenvalue weighted by Crippen LogP contribution is -2.50. The van der Waals surface area contributed by atoms with Crippen molar-refractivity contribution in [2.75, 3.05) is 26.2 Å². The van der Waals surface area contributed by atoms with Crippen molar-refractivity contribution in [3.8, 4) is 0 Å². The van der Waals surface area contributed by atoms with Crippen LogP contribution in [0.3, 0.4) is 0 Å². The van der Waals surface area contributed by atoms with E-state index in [9.17, 15) is 0 Å². The van der Waals surface area contributed by atoms with E-state index in [-0.39, 0.29) is 0 Å². The summed E-state index contributed by atoms with van der Waals surface area (Å²) in [6, 6.07) is 0. The number of hydrogen-bond acceptors (Lipinski definition) is 2. The van der Waals surface area contributed by atoms with E-state index in [1.54, 1.807) is 0 Å². The van der Waals surface area contributed by atoms with E-state index in [1.165, 1.54) is 90.4 Å². The highest BCUT2D eigenvalue weighted by molar-refractivity contribution is 4.90. The Kier molecular flexibility index (Phi) is 9.54. The maximum Gasteiger partial charge on any atom is 0.0303 e. The molecule has 1 rings (SSSR count). The molecule has 0 aromatic heterocycles. The van der Waals surface area contributed by atoms with Crippen LogP contribution >= 0.6 is 0 Å². The third kappa shape index (κ3) is 6.58. The van der Waals surface area contributed by atoms with Crippen LogP contribution in [-0.2, 0) is 0 Å². The third-order valence-corrected chi connectivity index (χ3v) is 5.11. The maximum absolute atomic E-state index is 3.81. The van der Waals surface area contributed by atoms with Crippen LogP contribution in [0.5, 0.6) is 0 Å². The highest BCUT2D eigenvalue weighted by atomic mass is 15.2. The molecule has 20 heavy (non-hydrogen) atoms. The lowest BCUT2D eigenvalue weighted by atomic mass is 9.92. The van der Waals surface area contributed by atoms with Crippen molar-refractivity contribution in [3.05, 3.63) is 0 Å². The van der Waals surface area contributed by atoms with Gasteiger partial charge in [-0.15, -0.1) is 0 Å². The molecule has 0 amide bonds. The third-order valence-electron chi connectivity index (χ3n) is 5.11. The van der Waals surface area contributed by atoms with E-state index in [4.69, 9.17) is 0 Å². The average molecular weight is 283 g/mol. The lowest BCUT2D eigenvalue weighted by Gasteiger charge is -2.35.